The minimum Gasteiger partial charge on any atom is -0.385 e. The molecule has 2 atom stereocenters. The lowest BCUT2D eigenvalue weighted by molar-refractivity contribution is -0.118. The molecule has 1 fully saturated rings. The summed E-state index contributed by atoms with van der Waals surface area (Å²) in [6.07, 6.45) is 6.60. The Kier molecular flexibility index (Phi) is 6.77. The average Bonchev–Trinajstić information content (AvgIpc) is 3.78. The molecule has 1 saturated carbocycles. The molecular weight excluding hydrogens is 492 g/mol. The summed E-state index contributed by atoms with van der Waals surface area (Å²) in [4.78, 5) is 19.7. The quantitative estimate of drug-likeness (QED) is 0.253. The fourth-order valence-electron chi connectivity index (χ4n) is 5.21. The highest BCUT2D eigenvalue weighted by Crippen LogP contribution is 2.41. The molecule has 5 nitrogen and oxygen atoms in total. The number of aromatic nitrogens is 1. The molecule has 2 heterocycles. The van der Waals surface area contributed by atoms with E-state index >= 15 is 0 Å². The molecule has 1 aromatic heterocycles. The minimum atomic E-state index is -0.235. The van der Waals surface area contributed by atoms with Crippen LogP contribution in [-0.2, 0) is 11.2 Å². The summed E-state index contributed by atoms with van der Waals surface area (Å²) >= 11 is 6.24. The van der Waals surface area contributed by atoms with Gasteiger partial charge in [-0.3, -0.25) is 9.78 Å². The molecule has 192 valence electrons. The molecule has 0 saturated heterocycles. The zero-order valence-corrected chi connectivity index (χ0v) is 22.2. The first-order valence-electron chi connectivity index (χ1n) is 13.3. The van der Waals surface area contributed by atoms with Crippen molar-refractivity contribution in [2.75, 3.05) is 22.1 Å². The SMILES string of the molecule is CC(Nc1ccc(N2C(=O)Cc3ccc(NCC4CC4)cc3C2c2ccc(Cl)cc2)cc1)c1ccncc1. The highest BCUT2D eigenvalue weighted by molar-refractivity contribution is 6.30. The molecule has 6 rings (SSSR count). The largest absolute Gasteiger partial charge is 0.385 e. The molecule has 2 N–H and O–H groups in total. The van der Waals surface area contributed by atoms with Gasteiger partial charge in [0, 0.05) is 47.1 Å². The number of nitrogens with zero attached hydrogens (tertiary/aromatic N) is 2. The average molecular weight is 523 g/mol. The number of nitrogens with one attached hydrogen (secondary N) is 2. The van der Waals surface area contributed by atoms with Crippen LogP contribution in [0.3, 0.4) is 0 Å². The minimum absolute atomic E-state index is 0.0852. The van der Waals surface area contributed by atoms with Crippen molar-refractivity contribution in [3.8, 4) is 0 Å². The predicted octanol–water partition coefficient (Wildman–Crippen LogP) is 7.41. The van der Waals surface area contributed by atoms with Crippen LogP contribution < -0.4 is 15.5 Å². The van der Waals surface area contributed by atoms with Gasteiger partial charge in [0.15, 0.2) is 0 Å². The number of pyridine rings is 1. The van der Waals surface area contributed by atoms with Gasteiger partial charge in [-0.2, -0.15) is 0 Å². The lowest BCUT2D eigenvalue weighted by Crippen LogP contribution is -2.41. The standard InChI is InChI=1S/C32H31ClN4O/c1-21(23-14-16-34-17-15-23)36-27-10-12-29(13-11-27)37-31(38)18-25-6-9-28(35-20-22-2-3-22)19-30(25)32(37)24-4-7-26(33)8-5-24/h4-17,19,21-22,32,35-36H,2-3,18,20H2,1H3. The second-order valence-electron chi connectivity index (χ2n) is 10.3. The maximum absolute atomic E-state index is 13.6. The number of anilines is 3. The Bertz CT molecular complexity index is 1420. The van der Waals surface area contributed by atoms with Crippen molar-refractivity contribution in [3.63, 3.8) is 0 Å². The zero-order chi connectivity index (χ0) is 26.1. The van der Waals surface area contributed by atoms with Crippen LogP contribution in [0.4, 0.5) is 17.1 Å². The molecule has 6 heteroatoms. The van der Waals surface area contributed by atoms with E-state index in [-0.39, 0.29) is 18.0 Å². The Morgan fingerprint density at radius 3 is 2.37 bits per heavy atom. The van der Waals surface area contributed by atoms with Crippen molar-refractivity contribution in [2.24, 2.45) is 5.92 Å². The molecule has 0 bridgehead atoms. The van der Waals surface area contributed by atoms with E-state index in [1.807, 2.05) is 65.6 Å². The Hall–Kier alpha value is -3.83. The Morgan fingerprint density at radius 1 is 0.947 bits per heavy atom. The first kappa shape index (κ1) is 24.5. The van der Waals surface area contributed by atoms with Gasteiger partial charge in [-0.1, -0.05) is 29.8 Å². The van der Waals surface area contributed by atoms with E-state index in [2.05, 4.69) is 40.7 Å². The number of carbonyl (C=O) groups is 1. The third-order valence-corrected chi connectivity index (χ3v) is 7.77. The van der Waals surface area contributed by atoms with Crippen LogP contribution in [0.5, 0.6) is 0 Å². The first-order chi connectivity index (χ1) is 18.5. The topological polar surface area (TPSA) is 57.3 Å². The molecule has 38 heavy (non-hydrogen) atoms. The van der Waals surface area contributed by atoms with Gasteiger partial charge in [0.25, 0.3) is 0 Å². The summed E-state index contributed by atoms with van der Waals surface area (Å²) in [5.41, 5.74) is 7.41. The number of halogens is 1. The number of fused-ring (bicyclic) bond motifs is 1. The van der Waals surface area contributed by atoms with E-state index < -0.39 is 0 Å². The van der Waals surface area contributed by atoms with E-state index in [1.54, 1.807) is 12.4 Å². The van der Waals surface area contributed by atoms with Gasteiger partial charge in [0.05, 0.1) is 12.5 Å². The van der Waals surface area contributed by atoms with E-state index in [9.17, 15) is 4.79 Å². The molecule has 1 aliphatic carbocycles. The number of hydrogen-bond donors (Lipinski definition) is 2. The Labute approximate surface area is 228 Å². The van der Waals surface area contributed by atoms with Gasteiger partial charge in [0.2, 0.25) is 5.91 Å². The molecule has 2 aliphatic rings. The Morgan fingerprint density at radius 2 is 1.66 bits per heavy atom. The van der Waals surface area contributed by atoms with Gasteiger partial charge in [-0.15, -0.1) is 0 Å². The van der Waals surface area contributed by atoms with Crippen LogP contribution in [0.25, 0.3) is 0 Å². The van der Waals surface area contributed by atoms with Crippen LogP contribution in [0.1, 0.15) is 54.1 Å². The zero-order valence-electron chi connectivity index (χ0n) is 21.4. The Balaban J connectivity index is 1.32. The lowest BCUT2D eigenvalue weighted by Gasteiger charge is -2.38. The molecule has 3 aromatic carbocycles. The predicted molar refractivity (Wildman–Crippen MR) is 155 cm³/mol. The smallest absolute Gasteiger partial charge is 0.232 e. The van der Waals surface area contributed by atoms with Gasteiger partial charge in [-0.05, 0) is 109 Å². The third-order valence-electron chi connectivity index (χ3n) is 7.52. The molecule has 0 spiro atoms. The van der Waals surface area contributed by atoms with Gasteiger partial charge in [-0.25, -0.2) is 0 Å². The maximum Gasteiger partial charge on any atom is 0.232 e. The number of rotatable bonds is 8. The van der Waals surface area contributed by atoms with E-state index in [1.165, 1.54) is 18.4 Å². The van der Waals surface area contributed by atoms with Crippen molar-refractivity contribution in [1.82, 2.24) is 4.98 Å². The van der Waals surface area contributed by atoms with Crippen LogP contribution in [0.2, 0.25) is 5.02 Å². The van der Waals surface area contributed by atoms with Crippen molar-refractivity contribution in [1.29, 1.82) is 0 Å². The normalized spacial score (nSPS) is 17.6. The number of benzene rings is 3. The fraction of sp³-hybridized carbons (Fsp3) is 0.250. The molecule has 1 aliphatic heterocycles. The van der Waals surface area contributed by atoms with Crippen LogP contribution >= 0.6 is 11.6 Å². The van der Waals surface area contributed by atoms with E-state index in [0.29, 0.717) is 11.4 Å². The molecule has 0 radical (unpaired) electrons. The van der Waals surface area contributed by atoms with Crippen molar-refractivity contribution in [3.05, 3.63) is 119 Å². The number of amides is 1. The third kappa shape index (κ3) is 5.25. The summed E-state index contributed by atoms with van der Waals surface area (Å²) in [5.74, 6) is 0.867. The van der Waals surface area contributed by atoms with Crippen molar-refractivity contribution < 1.29 is 4.79 Å². The van der Waals surface area contributed by atoms with E-state index in [4.69, 9.17) is 11.6 Å². The maximum atomic E-state index is 13.6. The highest BCUT2D eigenvalue weighted by atomic mass is 35.5. The molecule has 2 unspecified atom stereocenters. The van der Waals surface area contributed by atoms with E-state index in [0.717, 1.165) is 46.2 Å². The van der Waals surface area contributed by atoms with Crippen LogP contribution in [-0.4, -0.2) is 17.4 Å². The van der Waals surface area contributed by atoms with Crippen molar-refractivity contribution in [2.45, 2.75) is 38.3 Å². The summed E-state index contributed by atoms with van der Waals surface area (Å²) in [6.45, 7) is 3.12. The monoisotopic (exact) mass is 522 g/mol. The first-order valence-corrected chi connectivity index (χ1v) is 13.6. The lowest BCUT2D eigenvalue weighted by atomic mass is 9.87. The fourth-order valence-corrected chi connectivity index (χ4v) is 5.33. The molecular formula is C32H31ClN4O. The van der Waals surface area contributed by atoms with Crippen LogP contribution in [0.15, 0.2) is 91.3 Å². The summed E-state index contributed by atoms with van der Waals surface area (Å²) in [5, 5.41) is 7.83. The highest BCUT2D eigenvalue weighted by Gasteiger charge is 2.35. The van der Waals surface area contributed by atoms with Gasteiger partial charge >= 0.3 is 0 Å². The summed E-state index contributed by atoms with van der Waals surface area (Å²) in [7, 11) is 0. The summed E-state index contributed by atoms with van der Waals surface area (Å²) in [6, 6.07) is 26.4. The van der Waals surface area contributed by atoms with Crippen LogP contribution in [0, 0.1) is 5.92 Å². The molecule has 4 aromatic rings. The van der Waals surface area contributed by atoms with Gasteiger partial charge in [0.1, 0.15) is 0 Å². The molecule has 1 amide bonds. The van der Waals surface area contributed by atoms with Gasteiger partial charge < -0.3 is 15.5 Å². The summed E-state index contributed by atoms with van der Waals surface area (Å²) < 4.78 is 0. The second-order valence-corrected chi connectivity index (χ2v) is 10.8. The number of carbonyl (C=O) groups excluding carboxylic acids is 1. The number of hydrogen-bond acceptors (Lipinski definition) is 4. The second kappa shape index (κ2) is 10.5. The van der Waals surface area contributed by atoms with Crippen molar-refractivity contribution >= 4 is 34.6 Å².